The van der Waals surface area contributed by atoms with E-state index in [-0.39, 0.29) is 34.7 Å². The molecule has 0 aliphatic rings. The smallest absolute Gasteiger partial charge is 0.345 e. The van der Waals surface area contributed by atoms with Crippen LogP contribution >= 0.6 is 0 Å². The second-order valence-electron chi connectivity index (χ2n) is 4.70. The Morgan fingerprint density at radius 2 is 2.10 bits per heavy atom. The molecular formula is C15H14N2O4. The van der Waals surface area contributed by atoms with Crippen molar-refractivity contribution in [2.75, 3.05) is 6.61 Å². The Kier molecular flexibility index (Phi) is 2.94. The summed E-state index contributed by atoms with van der Waals surface area (Å²) in [4.78, 5) is 27.5. The van der Waals surface area contributed by atoms with Crippen molar-refractivity contribution < 1.29 is 14.6 Å². The summed E-state index contributed by atoms with van der Waals surface area (Å²) < 4.78 is 6.36. The van der Waals surface area contributed by atoms with Gasteiger partial charge in [0.1, 0.15) is 17.0 Å². The number of rotatable bonds is 2. The number of benzene rings is 1. The lowest BCUT2D eigenvalue weighted by Gasteiger charge is -2.08. The summed E-state index contributed by atoms with van der Waals surface area (Å²) in [6.45, 7) is 3.34. The molecule has 6 heteroatoms. The molecule has 0 radical (unpaired) electrons. The first-order chi connectivity index (χ1) is 10.1. The maximum atomic E-state index is 12.4. The Balaban J connectivity index is 2.52. The quantitative estimate of drug-likeness (QED) is 0.705. The van der Waals surface area contributed by atoms with Gasteiger partial charge in [-0.3, -0.25) is 9.20 Å². The van der Waals surface area contributed by atoms with Gasteiger partial charge in [0.05, 0.1) is 23.2 Å². The van der Waals surface area contributed by atoms with Crippen molar-refractivity contribution in [3.8, 4) is 5.75 Å². The van der Waals surface area contributed by atoms with E-state index >= 15 is 0 Å². The van der Waals surface area contributed by atoms with Crippen molar-refractivity contribution in [2.24, 2.45) is 0 Å². The van der Waals surface area contributed by atoms with E-state index in [0.717, 1.165) is 0 Å². The number of para-hydroxylation sites is 2. The molecule has 0 amide bonds. The third kappa shape index (κ3) is 1.79. The number of H-pyrrole nitrogens is 1. The monoisotopic (exact) mass is 286 g/mol. The van der Waals surface area contributed by atoms with Crippen LogP contribution in [0.3, 0.4) is 0 Å². The van der Waals surface area contributed by atoms with Gasteiger partial charge in [-0.1, -0.05) is 12.1 Å². The van der Waals surface area contributed by atoms with Crippen molar-refractivity contribution >= 4 is 22.6 Å². The van der Waals surface area contributed by atoms with Crippen molar-refractivity contribution in [1.82, 2.24) is 9.38 Å². The first-order valence-electron chi connectivity index (χ1n) is 6.58. The molecule has 21 heavy (non-hydrogen) atoms. The summed E-state index contributed by atoms with van der Waals surface area (Å²) in [7, 11) is 0. The minimum atomic E-state index is -0.665. The zero-order valence-electron chi connectivity index (χ0n) is 11.6. The van der Waals surface area contributed by atoms with Gasteiger partial charge in [-0.05, 0) is 26.0 Å². The van der Waals surface area contributed by atoms with Crippen LogP contribution in [-0.4, -0.2) is 27.1 Å². The largest absolute Gasteiger partial charge is 0.506 e. The third-order valence-electron chi connectivity index (χ3n) is 3.45. The highest BCUT2D eigenvalue weighted by atomic mass is 16.5. The lowest BCUT2D eigenvalue weighted by molar-refractivity contribution is 0.0524. The van der Waals surface area contributed by atoms with Crippen LogP contribution in [0.25, 0.3) is 16.7 Å². The van der Waals surface area contributed by atoms with E-state index < -0.39 is 5.97 Å². The van der Waals surface area contributed by atoms with Gasteiger partial charge in [0, 0.05) is 0 Å². The van der Waals surface area contributed by atoms with E-state index in [9.17, 15) is 14.7 Å². The van der Waals surface area contributed by atoms with E-state index in [4.69, 9.17) is 4.74 Å². The number of nitrogens with one attached hydrogen (secondary N) is 1. The standard InChI is InChI=1S/C15H14N2O4/c1-3-21-15(20)11-12(18)8(2)14(19)17-10-7-5-4-6-9(10)16-13(11)17/h4-7,16,18H,3H2,1-2H3. The average Bonchev–Trinajstić information content (AvgIpc) is 2.84. The number of aromatic hydroxyl groups is 1. The number of hydrogen-bond donors (Lipinski definition) is 2. The van der Waals surface area contributed by atoms with Gasteiger partial charge < -0.3 is 14.8 Å². The van der Waals surface area contributed by atoms with Crippen LogP contribution in [0.1, 0.15) is 22.8 Å². The molecule has 0 bridgehead atoms. The summed E-state index contributed by atoms with van der Waals surface area (Å²) in [5.74, 6) is -1.01. The third-order valence-corrected chi connectivity index (χ3v) is 3.45. The Morgan fingerprint density at radius 1 is 1.38 bits per heavy atom. The summed E-state index contributed by atoms with van der Waals surface area (Å²) in [5, 5.41) is 10.2. The van der Waals surface area contributed by atoms with Gasteiger partial charge in [-0.15, -0.1) is 0 Å². The Bertz CT molecular complexity index is 921. The fraction of sp³-hybridized carbons (Fsp3) is 0.200. The van der Waals surface area contributed by atoms with E-state index in [1.165, 1.54) is 11.3 Å². The van der Waals surface area contributed by atoms with Gasteiger partial charge >= 0.3 is 5.97 Å². The number of esters is 1. The normalized spacial score (nSPS) is 11.1. The molecule has 2 aromatic heterocycles. The fourth-order valence-corrected chi connectivity index (χ4v) is 2.43. The molecule has 0 aliphatic heterocycles. The number of aromatic nitrogens is 2. The fourth-order valence-electron chi connectivity index (χ4n) is 2.43. The Morgan fingerprint density at radius 3 is 2.81 bits per heavy atom. The predicted molar refractivity (Wildman–Crippen MR) is 77.9 cm³/mol. The molecule has 3 rings (SSSR count). The highest BCUT2D eigenvalue weighted by Gasteiger charge is 2.24. The van der Waals surface area contributed by atoms with E-state index in [1.54, 1.807) is 25.1 Å². The number of carbonyl (C=O) groups is 1. The number of fused-ring (bicyclic) bond motifs is 3. The zero-order chi connectivity index (χ0) is 15.1. The molecule has 0 saturated carbocycles. The molecule has 0 aliphatic carbocycles. The van der Waals surface area contributed by atoms with Crippen molar-refractivity contribution in [3.05, 3.63) is 45.7 Å². The number of imidazole rings is 1. The van der Waals surface area contributed by atoms with Crippen LogP contribution in [0.5, 0.6) is 5.75 Å². The van der Waals surface area contributed by atoms with Crippen LogP contribution in [0, 0.1) is 6.92 Å². The lowest BCUT2D eigenvalue weighted by Crippen LogP contribution is -2.19. The predicted octanol–water partition coefficient (Wildman–Crippen LogP) is 1.97. The molecular weight excluding hydrogens is 272 g/mol. The average molecular weight is 286 g/mol. The van der Waals surface area contributed by atoms with Crippen molar-refractivity contribution in [3.63, 3.8) is 0 Å². The number of nitrogens with zero attached hydrogens (tertiary/aromatic N) is 1. The maximum absolute atomic E-state index is 12.4. The number of hydrogen-bond acceptors (Lipinski definition) is 4. The lowest BCUT2D eigenvalue weighted by atomic mass is 10.1. The first-order valence-corrected chi connectivity index (χ1v) is 6.58. The summed E-state index contributed by atoms with van der Waals surface area (Å²) in [5.41, 5.74) is 1.30. The topological polar surface area (TPSA) is 83.8 Å². The minimum absolute atomic E-state index is 0.0230. The van der Waals surface area contributed by atoms with Crippen LogP contribution < -0.4 is 5.56 Å². The minimum Gasteiger partial charge on any atom is -0.506 e. The molecule has 1 aromatic carbocycles. The molecule has 0 fully saturated rings. The number of ether oxygens (including phenoxy) is 1. The number of pyridine rings is 1. The Labute approximate surface area is 119 Å². The molecule has 0 saturated heterocycles. The van der Waals surface area contributed by atoms with E-state index in [2.05, 4.69) is 4.98 Å². The van der Waals surface area contributed by atoms with Crippen LogP contribution in [0.4, 0.5) is 0 Å². The highest BCUT2D eigenvalue weighted by Crippen LogP contribution is 2.27. The van der Waals surface area contributed by atoms with E-state index in [1.807, 2.05) is 6.07 Å². The van der Waals surface area contributed by atoms with Gasteiger partial charge in [0.15, 0.2) is 0 Å². The molecule has 108 valence electrons. The zero-order valence-corrected chi connectivity index (χ0v) is 11.6. The molecule has 0 unspecified atom stereocenters. The molecule has 2 heterocycles. The maximum Gasteiger partial charge on any atom is 0.345 e. The highest BCUT2D eigenvalue weighted by molar-refractivity contribution is 6.01. The van der Waals surface area contributed by atoms with Gasteiger partial charge in [0.25, 0.3) is 5.56 Å². The second-order valence-corrected chi connectivity index (χ2v) is 4.70. The number of carbonyl (C=O) groups excluding carboxylic acids is 1. The molecule has 2 N–H and O–H groups in total. The van der Waals surface area contributed by atoms with Crippen LogP contribution in [0.15, 0.2) is 29.1 Å². The molecule has 6 nitrogen and oxygen atoms in total. The molecule has 3 aromatic rings. The molecule has 0 atom stereocenters. The van der Waals surface area contributed by atoms with Crippen molar-refractivity contribution in [1.29, 1.82) is 0 Å². The van der Waals surface area contributed by atoms with Crippen molar-refractivity contribution in [2.45, 2.75) is 13.8 Å². The van der Waals surface area contributed by atoms with Gasteiger partial charge in [-0.2, -0.15) is 0 Å². The van der Waals surface area contributed by atoms with Gasteiger partial charge in [-0.25, -0.2) is 4.79 Å². The van der Waals surface area contributed by atoms with Crippen LogP contribution in [-0.2, 0) is 4.74 Å². The summed E-state index contributed by atoms with van der Waals surface area (Å²) >= 11 is 0. The summed E-state index contributed by atoms with van der Waals surface area (Å²) in [6.07, 6.45) is 0. The van der Waals surface area contributed by atoms with Gasteiger partial charge in [0.2, 0.25) is 0 Å². The summed E-state index contributed by atoms with van der Waals surface area (Å²) in [6, 6.07) is 7.18. The number of aromatic amines is 1. The van der Waals surface area contributed by atoms with E-state index in [0.29, 0.717) is 11.0 Å². The Hall–Kier alpha value is -2.76. The first kappa shape index (κ1) is 13.2. The SMILES string of the molecule is CCOC(=O)c1c(O)c(C)c(=O)n2c1[nH]c1ccccc12. The van der Waals surface area contributed by atoms with Crippen LogP contribution in [0.2, 0.25) is 0 Å². The second kappa shape index (κ2) is 4.66. The molecule has 0 spiro atoms.